The van der Waals surface area contributed by atoms with Gasteiger partial charge in [-0.1, -0.05) is 24.3 Å². The quantitative estimate of drug-likeness (QED) is 0.452. The fourth-order valence-electron chi connectivity index (χ4n) is 5.95. The molecule has 10 nitrogen and oxygen atoms in total. The van der Waals surface area contributed by atoms with E-state index in [2.05, 4.69) is 20.4 Å². The van der Waals surface area contributed by atoms with E-state index in [1.807, 2.05) is 6.07 Å². The van der Waals surface area contributed by atoms with E-state index in [-0.39, 0.29) is 30.8 Å². The Hall–Kier alpha value is -3.38. The molecule has 3 N–H and O–H groups in total. The van der Waals surface area contributed by atoms with Gasteiger partial charge in [0.15, 0.2) is 6.23 Å². The maximum atomic E-state index is 15.0. The summed E-state index contributed by atoms with van der Waals surface area (Å²) in [6.07, 6.45) is -1.07. The van der Waals surface area contributed by atoms with Gasteiger partial charge in [-0.15, -0.1) is 0 Å². The highest BCUT2D eigenvalue weighted by molar-refractivity contribution is 6.08. The number of imide groups is 1. The SMILES string of the molecule is O=C1CC[C@H](N2C(=O)c3c(NCc4ccc(CN5CC(N6CCOCC6)C5)cc4F)cccc3C2O)C(=O)N1. The number of aliphatic hydroxyl groups is 1. The first-order chi connectivity index (χ1) is 18.9. The maximum absolute atomic E-state index is 15.0. The van der Waals surface area contributed by atoms with E-state index in [1.54, 1.807) is 30.3 Å². The molecule has 0 radical (unpaired) electrons. The van der Waals surface area contributed by atoms with Crippen molar-refractivity contribution in [3.05, 3.63) is 64.5 Å². The second-order valence-electron chi connectivity index (χ2n) is 10.6. The molecule has 0 saturated carbocycles. The lowest BCUT2D eigenvalue weighted by molar-refractivity contribution is -0.139. The Bertz CT molecular complexity index is 1290. The van der Waals surface area contributed by atoms with Crippen molar-refractivity contribution in [2.45, 2.75) is 44.2 Å². The second kappa shape index (κ2) is 10.6. The Morgan fingerprint density at radius 1 is 1.10 bits per heavy atom. The summed E-state index contributed by atoms with van der Waals surface area (Å²) in [5.41, 5.74) is 2.44. The number of halogens is 1. The molecule has 11 heteroatoms. The molecule has 1 unspecified atom stereocenters. The number of hydrogen-bond acceptors (Lipinski definition) is 8. The Kier molecular flexibility index (Phi) is 7.06. The molecule has 39 heavy (non-hydrogen) atoms. The number of amides is 3. The standard InChI is InChI=1S/C28H32FN5O5/c29-21-12-17(14-32-15-19(16-32)33-8-10-39-11-9-33)4-5-18(21)13-30-22-3-1-2-20-25(22)28(38)34(27(20)37)23-6-7-24(35)31-26(23)36/h1-5,12,19,23,27,30,37H,6-11,13-16H2,(H,31,35,36)/t23-,27?/m0/s1. The van der Waals surface area contributed by atoms with E-state index >= 15 is 4.39 Å². The van der Waals surface area contributed by atoms with Gasteiger partial charge in [-0.3, -0.25) is 34.4 Å². The molecule has 4 aliphatic rings. The molecule has 3 saturated heterocycles. The minimum atomic E-state index is -1.31. The van der Waals surface area contributed by atoms with Gasteiger partial charge >= 0.3 is 0 Å². The van der Waals surface area contributed by atoms with Gasteiger partial charge in [-0.25, -0.2) is 4.39 Å². The van der Waals surface area contributed by atoms with Crippen LogP contribution in [0.25, 0.3) is 0 Å². The highest BCUT2D eigenvalue weighted by atomic mass is 19.1. The van der Waals surface area contributed by atoms with E-state index < -0.39 is 30.0 Å². The molecular weight excluding hydrogens is 505 g/mol. The predicted molar refractivity (Wildman–Crippen MR) is 139 cm³/mol. The van der Waals surface area contributed by atoms with E-state index in [1.165, 1.54) is 0 Å². The third kappa shape index (κ3) is 5.03. The van der Waals surface area contributed by atoms with Crippen LogP contribution in [0, 0.1) is 5.82 Å². The van der Waals surface area contributed by atoms with Crippen LogP contribution in [0.1, 0.15) is 46.1 Å². The maximum Gasteiger partial charge on any atom is 0.259 e. The largest absolute Gasteiger partial charge is 0.380 e. The molecule has 6 rings (SSSR count). The molecule has 0 bridgehead atoms. The van der Waals surface area contributed by atoms with Gasteiger partial charge in [-0.2, -0.15) is 0 Å². The average molecular weight is 538 g/mol. The van der Waals surface area contributed by atoms with Crippen molar-refractivity contribution < 1.29 is 28.6 Å². The van der Waals surface area contributed by atoms with Crippen LogP contribution in [0.3, 0.4) is 0 Å². The minimum Gasteiger partial charge on any atom is -0.380 e. The van der Waals surface area contributed by atoms with E-state index in [4.69, 9.17) is 4.74 Å². The first-order valence-electron chi connectivity index (χ1n) is 13.4. The topological polar surface area (TPSA) is 114 Å². The number of ether oxygens (including phenoxy) is 1. The zero-order valence-electron chi connectivity index (χ0n) is 21.6. The zero-order valence-corrected chi connectivity index (χ0v) is 21.6. The minimum absolute atomic E-state index is 0.0931. The fraction of sp³-hybridized carbons (Fsp3) is 0.464. The lowest BCUT2D eigenvalue weighted by Crippen LogP contribution is -2.60. The van der Waals surface area contributed by atoms with Gasteiger partial charge in [0.1, 0.15) is 11.9 Å². The van der Waals surface area contributed by atoms with Gasteiger partial charge in [0.25, 0.3) is 5.91 Å². The van der Waals surface area contributed by atoms with E-state index in [0.717, 1.165) is 49.9 Å². The first-order valence-corrected chi connectivity index (χ1v) is 13.4. The van der Waals surface area contributed by atoms with Gasteiger partial charge in [0, 0.05) is 68.5 Å². The Labute approximate surface area is 225 Å². The molecule has 4 aliphatic heterocycles. The number of fused-ring (bicyclic) bond motifs is 1. The summed E-state index contributed by atoms with van der Waals surface area (Å²) >= 11 is 0. The van der Waals surface area contributed by atoms with Gasteiger partial charge < -0.3 is 15.2 Å². The van der Waals surface area contributed by atoms with Crippen LogP contribution in [0.4, 0.5) is 10.1 Å². The number of morpholine rings is 1. The number of nitrogens with one attached hydrogen (secondary N) is 2. The lowest BCUT2D eigenvalue weighted by Gasteiger charge is -2.46. The molecule has 3 amide bonds. The van der Waals surface area contributed by atoms with Crippen molar-refractivity contribution in [2.75, 3.05) is 44.7 Å². The highest BCUT2D eigenvalue weighted by Gasteiger charge is 2.45. The number of likely N-dealkylation sites (tertiary alicyclic amines) is 1. The van der Waals surface area contributed by atoms with Crippen LogP contribution in [0.2, 0.25) is 0 Å². The Morgan fingerprint density at radius 3 is 2.64 bits per heavy atom. The first kappa shape index (κ1) is 25.9. The Balaban J connectivity index is 1.08. The summed E-state index contributed by atoms with van der Waals surface area (Å²) in [6.45, 7) is 6.30. The summed E-state index contributed by atoms with van der Waals surface area (Å²) in [5, 5.41) is 16.2. The normalized spacial score (nSPS) is 24.5. The molecule has 0 aliphatic carbocycles. The van der Waals surface area contributed by atoms with Crippen molar-refractivity contribution in [3.8, 4) is 0 Å². The summed E-state index contributed by atoms with van der Waals surface area (Å²) < 4.78 is 20.4. The van der Waals surface area contributed by atoms with Gasteiger partial charge in [-0.05, 0) is 24.1 Å². The number of piperidine rings is 1. The van der Waals surface area contributed by atoms with Crippen molar-refractivity contribution >= 4 is 23.4 Å². The zero-order chi connectivity index (χ0) is 27.1. The number of aliphatic hydroxyl groups excluding tert-OH is 1. The molecule has 4 heterocycles. The van der Waals surface area contributed by atoms with Crippen molar-refractivity contribution in [2.24, 2.45) is 0 Å². The number of anilines is 1. The van der Waals surface area contributed by atoms with Crippen LogP contribution in [-0.4, -0.2) is 89.0 Å². The van der Waals surface area contributed by atoms with Crippen LogP contribution in [0.5, 0.6) is 0 Å². The summed E-state index contributed by atoms with van der Waals surface area (Å²) in [7, 11) is 0. The molecule has 0 spiro atoms. The molecule has 3 fully saturated rings. The third-order valence-corrected chi connectivity index (χ3v) is 8.13. The third-order valence-electron chi connectivity index (χ3n) is 8.13. The van der Waals surface area contributed by atoms with E-state index in [0.29, 0.717) is 29.4 Å². The van der Waals surface area contributed by atoms with Crippen LogP contribution in [0.15, 0.2) is 36.4 Å². The summed E-state index contributed by atoms with van der Waals surface area (Å²) in [5.74, 6) is -1.82. The van der Waals surface area contributed by atoms with Gasteiger partial charge in [0.05, 0.1) is 18.8 Å². The van der Waals surface area contributed by atoms with Crippen LogP contribution >= 0.6 is 0 Å². The van der Waals surface area contributed by atoms with Crippen LogP contribution < -0.4 is 10.6 Å². The monoisotopic (exact) mass is 537 g/mol. The molecule has 2 atom stereocenters. The predicted octanol–water partition coefficient (Wildman–Crippen LogP) is 1.21. The fourth-order valence-corrected chi connectivity index (χ4v) is 5.95. The smallest absolute Gasteiger partial charge is 0.259 e. The highest BCUT2D eigenvalue weighted by Crippen LogP contribution is 2.39. The number of benzene rings is 2. The Morgan fingerprint density at radius 2 is 1.90 bits per heavy atom. The molecule has 206 valence electrons. The number of rotatable bonds is 7. The number of hydrogen-bond donors (Lipinski definition) is 3. The number of carbonyl (C=O) groups is 3. The molecular formula is C28H32FN5O5. The number of nitrogens with zero attached hydrogens (tertiary/aromatic N) is 3. The molecule has 2 aromatic rings. The number of carbonyl (C=O) groups excluding carboxylic acids is 3. The van der Waals surface area contributed by atoms with Crippen molar-refractivity contribution in [1.29, 1.82) is 0 Å². The molecule has 2 aromatic carbocycles. The summed E-state index contributed by atoms with van der Waals surface area (Å²) in [4.78, 5) is 43.1. The lowest BCUT2D eigenvalue weighted by atomic mass is 10.0. The molecule has 0 aromatic heterocycles. The van der Waals surface area contributed by atoms with Crippen LogP contribution in [-0.2, 0) is 27.4 Å². The second-order valence-corrected chi connectivity index (χ2v) is 10.6. The summed E-state index contributed by atoms with van der Waals surface area (Å²) in [6, 6.07) is 9.87. The van der Waals surface area contributed by atoms with E-state index in [9.17, 15) is 19.5 Å². The van der Waals surface area contributed by atoms with Crippen molar-refractivity contribution in [1.82, 2.24) is 20.0 Å². The average Bonchev–Trinajstić information content (AvgIpc) is 3.16. The van der Waals surface area contributed by atoms with Gasteiger partial charge in [0.2, 0.25) is 11.8 Å². The van der Waals surface area contributed by atoms with Crippen molar-refractivity contribution in [3.63, 3.8) is 0 Å².